The van der Waals surface area contributed by atoms with Crippen molar-refractivity contribution in [3.63, 3.8) is 0 Å². The van der Waals surface area contributed by atoms with E-state index < -0.39 is 0 Å². The van der Waals surface area contributed by atoms with Gasteiger partial charge in [-0.2, -0.15) is 0 Å². The molecule has 0 saturated carbocycles. The molecule has 1 aliphatic heterocycles. The maximum absolute atomic E-state index is 12.6. The maximum Gasteiger partial charge on any atom is 0.339 e. The lowest BCUT2D eigenvalue weighted by Gasteiger charge is -2.33. The van der Waals surface area contributed by atoms with Gasteiger partial charge >= 0.3 is 5.63 Å². The van der Waals surface area contributed by atoms with E-state index in [9.17, 15) is 14.4 Å². The van der Waals surface area contributed by atoms with Crippen molar-refractivity contribution in [2.75, 3.05) is 13.2 Å². The SMILES string of the molecule is CC(C)NC(=O)CCCNC(=O)COc1cc2c(c3oc(=O)c4c(c13)CCC4)CCC(C)(C)O2. The van der Waals surface area contributed by atoms with Gasteiger partial charge in [0, 0.05) is 36.2 Å². The maximum atomic E-state index is 12.6. The van der Waals surface area contributed by atoms with Crippen LogP contribution < -0.4 is 25.7 Å². The first-order valence-electron chi connectivity index (χ1n) is 12.2. The zero-order valence-electron chi connectivity index (χ0n) is 20.5. The lowest BCUT2D eigenvalue weighted by atomic mass is 9.91. The molecule has 0 saturated heterocycles. The lowest BCUT2D eigenvalue weighted by molar-refractivity contribution is -0.124. The molecule has 1 aliphatic carbocycles. The van der Waals surface area contributed by atoms with E-state index in [1.807, 2.05) is 33.8 Å². The number of carbonyl (C=O) groups is 2. The molecule has 8 heteroatoms. The van der Waals surface area contributed by atoms with Crippen LogP contribution in [0.5, 0.6) is 11.5 Å². The first kappa shape index (κ1) is 24.1. The van der Waals surface area contributed by atoms with E-state index in [4.69, 9.17) is 13.9 Å². The van der Waals surface area contributed by atoms with Gasteiger partial charge < -0.3 is 24.5 Å². The minimum atomic E-state index is -0.339. The highest BCUT2D eigenvalue weighted by Crippen LogP contribution is 2.44. The molecule has 8 nitrogen and oxygen atoms in total. The molecule has 2 amide bonds. The van der Waals surface area contributed by atoms with Gasteiger partial charge in [-0.3, -0.25) is 9.59 Å². The summed E-state index contributed by atoms with van der Waals surface area (Å²) >= 11 is 0. The molecule has 0 atom stereocenters. The molecule has 0 radical (unpaired) electrons. The van der Waals surface area contributed by atoms with Crippen LogP contribution in [0.4, 0.5) is 0 Å². The van der Waals surface area contributed by atoms with Gasteiger partial charge in [-0.25, -0.2) is 4.79 Å². The van der Waals surface area contributed by atoms with E-state index in [1.165, 1.54) is 0 Å². The molecule has 0 spiro atoms. The van der Waals surface area contributed by atoms with E-state index in [2.05, 4.69) is 10.6 Å². The number of hydrogen-bond donors (Lipinski definition) is 2. The van der Waals surface area contributed by atoms with E-state index in [0.29, 0.717) is 48.5 Å². The van der Waals surface area contributed by atoms with Crippen LogP contribution in [0.15, 0.2) is 15.3 Å². The van der Waals surface area contributed by atoms with E-state index >= 15 is 0 Å². The molecule has 2 N–H and O–H groups in total. The predicted molar refractivity (Wildman–Crippen MR) is 129 cm³/mol. The third-order valence-corrected chi connectivity index (χ3v) is 6.34. The molecule has 2 aliphatic rings. The van der Waals surface area contributed by atoms with E-state index in [0.717, 1.165) is 42.2 Å². The average molecular weight is 471 g/mol. The topological polar surface area (TPSA) is 107 Å². The summed E-state index contributed by atoms with van der Waals surface area (Å²) in [7, 11) is 0. The van der Waals surface area contributed by atoms with Gasteiger partial charge in [-0.1, -0.05) is 0 Å². The highest BCUT2D eigenvalue weighted by Gasteiger charge is 2.32. The summed E-state index contributed by atoms with van der Waals surface area (Å²) in [5.41, 5.74) is 2.45. The first-order chi connectivity index (χ1) is 16.1. The summed E-state index contributed by atoms with van der Waals surface area (Å²) in [6.07, 6.45) is 4.83. The number of aryl methyl sites for hydroxylation is 2. The van der Waals surface area contributed by atoms with Crippen LogP contribution in [0.2, 0.25) is 0 Å². The highest BCUT2D eigenvalue weighted by atomic mass is 16.5. The normalized spacial score (nSPS) is 16.0. The van der Waals surface area contributed by atoms with Crippen LogP contribution >= 0.6 is 0 Å². The van der Waals surface area contributed by atoms with Crippen LogP contribution in [0, 0.1) is 0 Å². The molecule has 1 aromatic carbocycles. The minimum Gasteiger partial charge on any atom is -0.487 e. The second-order valence-electron chi connectivity index (χ2n) is 10.1. The Kier molecular flexibility index (Phi) is 6.86. The fraction of sp³-hybridized carbons (Fsp3) is 0.577. The third-order valence-electron chi connectivity index (χ3n) is 6.34. The van der Waals surface area contributed by atoms with Crippen LogP contribution in [0.3, 0.4) is 0 Å². The van der Waals surface area contributed by atoms with Gasteiger partial charge in [0.15, 0.2) is 6.61 Å². The van der Waals surface area contributed by atoms with Crippen molar-refractivity contribution >= 4 is 22.8 Å². The number of amides is 2. The smallest absolute Gasteiger partial charge is 0.339 e. The molecule has 2 heterocycles. The number of rotatable bonds is 8. The van der Waals surface area contributed by atoms with E-state index in [1.54, 1.807) is 0 Å². The predicted octanol–water partition coefficient (Wildman–Crippen LogP) is 3.19. The molecule has 184 valence electrons. The Morgan fingerprint density at radius 3 is 2.65 bits per heavy atom. The highest BCUT2D eigenvalue weighted by molar-refractivity contribution is 5.93. The molecule has 4 rings (SSSR count). The number of benzene rings is 1. The van der Waals surface area contributed by atoms with Gasteiger partial charge in [-0.15, -0.1) is 0 Å². The summed E-state index contributed by atoms with van der Waals surface area (Å²) < 4.78 is 18.0. The van der Waals surface area contributed by atoms with Gasteiger partial charge in [0.2, 0.25) is 5.91 Å². The number of carbonyl (C=O) groups excluding carboxylic acids is 2. The van der Waals surface area contributed by atoms with Gasteiger partial charge in [0.1, 0.15) is 22.7 Å². The molecular weight excluding hydrogens is 436 g/mol. The number of nitrogens with one attached hydrogen (secondary N) is 2. The van der Waals surface area contributed by atoms with E-state index in [-0.39, 0.29) is 35.7 Å². The van der Waals surface area contributed by atoms with Crippen LogP contribution in [0.25, 0.3) is 11.0 Å². The van der Waals surface area contributed by atoms with Crippen molar-refractivity contribution in [1.29, 1.82) is 0 Å². The molecular formula is C26H34N2O6. The summed E-state index contributed by atoms with van der Waals surface area (Å²) in [6.45, 7) is 8.08. The van der Waals surface area contributed by atoms with Crippen molar-refractivity contribution < 1.29 is 23.5 Å². The molecule has 2 aromatic rings. The molecule has 0 bridgehead atoms. The van der Waals surface area contributed by atoms with Crippen molar-refractivity contribution in [3.05, 3.63) is 33.2 Å². The number of hydrogen-bond acceptors (Lipinski definition) is 6. The number of fused-ring (bicyclic) bond motifs is 5. The Labute approximate surface area is 199 Å². The van der Waals surface area contributed by atoms with Crippen LogP contribution in [-0.2, 0) is 28.9 Å². The third kappa shape index (κ3) is 5.21. The Hall–Kier alpha value is -3.03. The zero-order chi connectivity index (χ0) is 24.5. The van der Waals surface area contributed by atoms with Crippen molar-refractivity contribution in [1.82, 2.24) is 10.6 Å². The second-order valence-corrected chi connectivity index (χ2v) is 10.1. The van der Waals surface area contributed by atoms with Crippen molar-refractivity contribution in [3.8, 4) is 11.5 Å². The largest absolute Gasteiger partial charge is 0.487 e. The van der Waals surface area contributed by atoms with Crippen LogP contribution in [-0.4, -0.2) is 36.6 Å². The van der Waals surface area contributed by atoms with Gasteiger partial charge in [0.25, 0.3) is 5.91 Å². The van der Waals surface area contributed by atoms with Crippen LogP contribution in [0.1, 0.15) is 70.1 Å². The zero-order valence-corrected chi connectivity index (χ0v) is 20.5. The number of ether oxygens (including phenoxy) is 2. The summed E-state index contributed by atoms with van der Waals surface area (Å²) in [5.74, 6) is 0.834. The summed E-state index contributed by atoms with van der Waals surface area (Å²) in [6, 6.07) is 1.93. The Morgan fingerprint density at radius 1 is 1.12 bits per heavy atom. The molecule has 0 unspecified atom stereocenters. The first-order valence-corrected chi connectivity index (χ1v) is 12.2. The molecule has 34 heavy (non-hydrogen) atoms. The quantitative estimate of drug-likeness (QED) is 0.453. The summed E-state index contributed by atoms with van der Waals surface area (Å²) in [4.78, 5) is 36.8. The summed E-state index contributed by atoms with van der Waals surface area (Å²) in [5, 5.41) is 6.41. The fourth-order valence-corrected chi connectivity index (χ4v) is 4.73. The lowest BCUT2D eigenvalue weighted by Crippen LogP contribution is -2.33. The minimum absolute atomic E-state index is 0.0284. The average Bonchev–Trinajstić information content (AvgIpc) is 3.24. The Bertz CT molecular complexity index is 1160. The monoisotopic (exact) mass is 470 g/mol. The van der Waals surface area contributed by atoms with Crippen molar-refractivity contribution in [2.45, 2.75) is 84.3 Å². The molecule has 0 fully saturated rings. The Morgan fingerprint density at radius 2 is 1.88 bits per heavy atom. The van der Waals surface area contributed by atoms with Gasteiger partial charge in [0.05, 0.1) is 5.39 Å². The molecule has 1 aromatic heterocycles. The standard InChI is InChI=1S/C26H34N2O6/c1-15(2)28-21(29)9-6-12-27-22(30)14-32-20-13-19-18(10-11-26(3,4)34-19)24-23(20)16-7-5-8-17(16)25(31)33-24/h13,15H,5-12,14H2,1-4H3,(H,27,30)(H,28,29). The van der Waals surface area contributed by atoms with Crippen molar-refractivity contribution in [2.24, 2.45) is 0 Å². The second kappa shape index (κ2) is 9.68. The Balaban J connectivity index is 1.51. The van der Waals surface area contributed by atoms with Gasteiger partial charge in [-0.05, 0) is 71.8 Å². The fourth-order valence-electron chi connectivity index (χ4n) is 4.73.